The molecule has 2 fully saturated rings. The van der Waals surface area contributed by atoms with Gasteiger partial charge in [-0.05, 0) is 44.7 Å². The first kappa shape index (κ1) is 15.3. The lowest BCUT2D eigenvalue weighted by Crippen LogP contribution is -2.44. The first-order chi connectivity index (χ1) is 10.5. The summed E-state index contributed by atoms with van der Waals surface area (Å²) in [4.78, 5) is 21.5. The molecule has 1 aliphatic carbocycles. The fraction of sp³-hybridized carbons (Fsp3) is 0.667. The number of rotatable bonds is 3. The van der Waals surface area contributed by atoms with Crippen molar-refractivity contribution in [2.75, 3.05) is 32.1 Å². The van der Waals surface area contributed by atoms with Gasteiger partial charge in [0.25, 0.3) is 0 Å². The standard InChI is InChI=1S/C18H27N3O/c1-13-10-16(20(2)3)11-17(19-13)15-8-5-9-21(12-15)18(22)14-6-4-7-14/h10-11,14-15H,4-9,12H2,1-3H3/t15-/m0/s1. The topological polar surface area (TPSA) is 36.4 Å². The lowest BCUT2D eigenvalue weighted by molar-refractivity contribution is -0.139. The molecule has 1 amide bonds. The highest BCUT2D eigenvalue weighted by Crippen LogP contribution is 2.33. The minimum absolute atomic E-state index is 0.307. The third-order valence-corrected chi connectivity index (χ3v) is 5.08. The number of carbonyl (C=O) groups excluding carboxylic acids is 1. The predicted octanol–water partition coefficient (Wildman–Crippen LogP) is 2.96. The van der Waals surface area contributed by atoms with Gasteiger partial charge in [0, 0.05) is 56.1 Å². The zero-order valence-electron chi connectivity index (χ0n) is 14.0. The number of aromatic nitrogens is 1. The van der Waals surface area contributed by atoms with Crippen molar-refractivity contribution >= 4 is 11.6 Å². The van der Waals surface area contributed by atoms with Gasteiger partial charge in [-0.25, -0.2) is 0 Å². The zero-order chi connectivity index (χ0) is 15.7. The molecule has 1 aromatic heterocycles. The van der Waals surface area contributed by atoms with Crippen molar-refractivity contribution in [1.82, 2.24) is 9.88 Å². The Bertz CT molecular complexity index is 551. The Hall–Kier alpha value is -1.58. The number of amides is 1. The Morgan fingerprint density at radius 1 is 1.23 bits per heavy atom. The Morgan fingerprint density at radius 2 is 2.00 bits per heavy atom. The van der Waals surface area contributed by atoms with Gasteiger partial charge in [-0.15, -0.1) is 0 Å². The van der Waals surface area contributed by atoms with Crippen LogP contribution in [-0.2, 0) is 4.79 Å². The molecule has 2 aliphatic rings. The van der Waals surface area contributed by atoms with Crippen LogP contribution in [0.5, 0.6) is 0 Å². The molecule has 0 radical (unpaired) electrons. The highest BCUT2D eigenvalue weighted by atomic mass is 16.2. The van der Waals surface area contributed by atoms with Gasteiger partial charge in [0.1, 0.15) is 0 Å². The highest BCUT2D eigenvalue weighted by molar-refractivity contribution is 5.79. The lowest BCUT2D eigenvalue weighted by Gasteiger charge is -2.37. The number of pyridine rings is 1. The van der Waals surface area contributed by atoms with Gasteiger partial charge in [0.15, 0.2) is 0 Å². The van der Waals surface area contributed by atoms with Crippen molar-refractivity contribution in [1.29, 1.82) is 0 Å². The normalized spacial score (nSPS) is 22.3. The van der Waals surface area contributed by atoms with Gasteiger partial charge >= 0.3 is 0 Å². The van der Waals surface area contributed by atoms with E-state index in [-0.39, 0.29) is 0 Å². The molecular formula is C18H27N3O. The maximum Gasteiger partial charge on any atom is 0.225 e. The van der Waals surface area contributed by atoms with E-state index in [0.29, 0.717) is 17.7 Å². The molecule has 2 heterocycles. The predicted molar refractivity (Wildman–Crippen MR) is 89.2 cm³/mol. The lowest BCUT2D eigenvalue weighted by atomic mass is 9.83. The van der Waals surface area contributed by atoms with E-state index in [9.17, 15) is 4.79 Å². The van der Waals surface area contributed by atoms with E-state index in [2.05, 4.69) is 43.0 Å². The summed E-state index contributed by atoms with van der Waals surface area (Å²) in [7, 11) is 4.12. The van der Waals surface area contributed by atoms with Crippen LogP contribution in [0.1, 0.15) is 49.4 Å². The van der Waals surface area contributed by atoms with E-state index in [1.807, 2.05) is 0 Å². The fourth-order valence-electron chi connectivity index (χ4n) is 3.47. The van der Waals surface area contributed by atoms with E-state index < -0.39 is 0 Å². The van der Waals surface area contributed by atoms with Crippen molar-refractivity contribution in [3.05, 3.63) is 23.5 Å². The van der Waals surface area contributed by atoms with E-state index >= 15 is 0 Å². The molecule has 1 aliphatic heterocycles. The van der Waals surface area contributed by atoms with Gasteiger partial charge in [-0.2, -0.15) is 0 Å². The molecule has 4 heteroatoms. The van der Waals surface area contributed by atoms with E-state index in [1.54, 1.807) is 0 Å². The van der Waals surface area contributed by atoms with Crippen LogP contribution in [0.25, 0.3) is 0 Å². The van der Waals surface area contributed by atoms with Crippen LogP contribution < -0.4 is 4.90 Å². The molecule has 0 N–H and O–H groups in total. The van der Waals surface area contributed by atoms with E-state index in [4.69, 9.17) is 4.98 Å². The van der Waals surface area contributed by atoms with E-state index in [1.165, 1.54) is 12.1 Å². The summed E-state index contributed by atoms with van der Waals surface area (Å²) in [6.45, 7) is 3.83. The first-order valence-electron chi connectivity index (χ1n) is 8.49. The average Bonchev–Trinajstić information content (AvgIpc) is 2.45. The number of likely N-dealkylation sites (tertiary alicyclic amines) is 1. The minimum atomic E-state index is 0.307. The van der Waals surface area contributed by atoms with Crippen LogP contribution in [0.3, 0.4) is 0 Å². The molecule has 1 atom stereocenters. The van der Waals surface area contributed by atoms with Crippen LogP contribution >= 0.6 is 0 Å². The van der Waals surface area contributed by atoms with Crippen LogP contribution in [0.2, 0.25) is 0 Å². The molecule has 4 nitrogen and oxygen atoms in total. The fourth-order valence-corrected chi connectivity index (χ4v) is 3.47. The average molecular weight is 301 g/mol. The maximum atomic E-state index is 12.5. The van der Waals surface area contributed by atoms with Crippen molar-refractivity contribution in [2.24, 2.45) is 5.92 Å². The molecule has 0 bridgehead atoms. The quantitative estimate of drug-likeness (QED) is 0.861. The number of hydrogen-bond donors (Lipinski definition) is 0. The number of aryl methyl sites for hydroxylation is 1. The highest BCUT2D eigenvalue weighted by Gasteiger charge is 2.33. The summed E-state index contributed by atoms with van der Waals surface area (Å²) in [5.74, 6) is 1.08. The second kappa shape index (κ2) is 6.27. The SMILES string of the molecule is Cc1cc(N(C)C)cc([C@H]2CCCN(C(=O)C3CCC3)C2)n1. The zero-order valence-corrected chi connectivity index (χ0v) is 14.0. The molecule has 1 aromatic rings. The monoisotopic (exact) mass is 301 g/mol. The van der Waals surface area contributed by atoms with Crippen LogP contribution in [0.4, 0.5) is 5.69 Å². The molecular weight excluding hydrogens is 274 g/mol. The number of nitrogens with zero attached hydrogens (tertiary/aromatic N) is 3. The van der Waals surface area contributed by atoms with Gasteiger partial charge < -0.3 is 9.80 Å². The van der Waals surface area contributed by atoms with Gasteiger partial charge in [-0.1, -0.05) is 6.42 Å². The maximum absolute atomic E-state index is 12.5. The van der Waals surface area contributed by atoms with Crippen molar-refractivity contribution in [3.8, 4) is 0 Å². The summed E-state index contributed by atoms with van der Waals surface area (Å²) in [5, 5.41) is 0. The first-order valence-corrected chi connectivity index (χ1v) is 8.49. The van der Waals surface area contributed by atoms with Crippen molar-refractivity contribution in [3.63, 3.8) is 0 Å². The van der Waals surface area contributed by atoms with Gasteiger partial charge in [0.2, 0.25) is 5.91 Å². The summed E-state index contributed by atoms with van der Waals surface area (Å²) in [6.07, 6.45) is 5.63. The third kappa shape index (κ3) is 3.11. The van der Waals surface area contributed by atoms with Gasteiger partial charge in [0.05, 0.1) is 0 Å². The molecule has 0 spiro atoms. The van der Waals surface area contributed by atoms with Crippen molar-refractivity contribution in [2.45, 2.75) is 44.9 Å². The van der Waals surface area contributed by atoms with Gasteiger partial charge in [-0.3, -0.25) is 9.78 Å². The van der Waals surface area contributed by atoms with Crippen LogP contribution in [-0.4, -0.2) is 43.0 Å². The molecule has 0 aromatic carbocycles. The molecule has 0 unspecified atom stereocenters. The number of anilines is 1. The Labute approximate surface area is 133 Å². The largest absolute Gasteiger partial charge is 0.378 e. The summed E-state index contributed by atoms with van der Waals surface area (Å²) < 4.78 is 0. The smallest absolute Gasteiger partial charge is 0.225 e. The number of piperidine rings is 1. The summed E-state index contributed by atoms with van der Waals surface area (Å²) in [5.41, 5.74) is 3.41. The molecule has 1 saturated heterocycles. The molecule has 3 rings (SSSR count). The minimum Gasteiger partial charge on any atom is -0.378 e. The molecule has 22 heavy (non-hydrogen) atoms. The Balaban J connectivity index is 1.75. The Kier molecular flexibility index (Phi) is 4.37. The summed E-state index contributed by atoms with van der Waals surface area (Å²) >= 11 is 0. The third-order valence-electron chi connectivity index (χ3n) is 5.08. The molecule has 1 saturated carbocycles. The summed E-state index contributed by atoms with van der Waals surface area (Å²) in [6, 6.07) is 4.30. The second-order valence-electron chi connectivity index (χ2n) is 7.04. The van der Waals surface area contributed by atoms with E-state index in [0.717, 1.165) is 50.2 Å². The number of hydrogen-bond acceptors (Lipinski definition) is 3. The van der Waals surface area contributed by atoms with Crippen molar-refractivity contribution < 1.29 is 4.79 Å². The molecule has 120 valence electrons. The number of carbonyl (C=O) groups is 1. The van der Waals surface area contributed by atoms with Crippen LogP contribution in [0.15, 0.2) is 12.1 Å². The van der Waals surface area contributed by atoms with Crippen LogP contribution in [0, 0.1) is 12.8 Å². The Morgan fingerprint density at radius 3 is 2.64 bits per heavy atom. The second-order valence-corrected chi connectivity index (χ2v) is 7.04.